The lowest BCUT2D eigenvalue weighted by Gasteiger charge is -2.27. The summed E-state index contributed by atoms with van der Waals surface area (Å²) in [5.74, 6) is 0. The van der Waals surface area contributed by atoms with E-state index in [0.717, 1.165) is 13.1 Å². The summed E-state index contributed by atoms with van der Waals surface area (Å²) in [6.07, 6.45) is 2.48. The molecule has 106 valence electrons. The van der Waals surface area contributed by atoms with Gasteiger partial charge in [0.1, 0.15) is 0 Å². The molecule has 2 aromatic rings. The first kappa shape index (κ1) is 14.1. The molecule has 2 heterocycles. The van der Waals surface area contributed by atoms with Gasteiger partial charge in [-0.25, -0.2) is 0 Å². The van der Waals surface area contributed by atoms with Crippen LogP contribution in [0.3, 0.4) is 0 Å². The number of hydrogen-bond acceptors (Lipinski definition) is 3. The monoisotopic (exact) mass is 350 g/mol. The van der Waals surface area contributed by atoms with Crippen LogP contribution in [0.4, 0.5) is 5.69 Å². The smallest absolute Gasteiger partial charge is 0.0701 e. The summed E-state index contributed by atoms with van der Waals surface area (Å²) >= 11 is 5.30. The number of benzene rings is 1. The van der Waals surface area contributed by atoms with Crippen molar-refractivity contribution in [3.63, 3.8) is 0 Å². The largest absolute Gasteiger partial charge is 0.374 e. The van der Waals surface area contributed by atoms with Gasteiger partial charge in [0, 0.05) is 37.2 Å². The molecule has 3 rings (SSSR count). The number of hydrogen-bond donors (Lipinski definition) is 1. The summed E-state index contributed by atoms with van der Waals surface area (Å²) in [6.45, 7) is 3.05. The van der Waals surface area contributed by atoms with Crippen molar-refractivity contribution in [1.29, 1.82) is 0 Å². The first-order valence-electron chi connectivity index (χ1n) is 7.00. The second kappa shape index (κ2) is 6.29. The van der Waals surface area contributed by atoms with E-state index in [1.807, 2.05) is 0 Å². The zero-order valence-corrected chi connectivity index (χ0v) is 14.1. The van der Waals surface area contributed by atoms with Crippen LogP contribution in [0.15, 0.2) is 34.1 Å². The van der Waals surface area contributed by atoms with E-state index in [1.54, 1.807) is 11.3 Å². The maximum Gasteiger partial charge on any atom is 0.0701 e. The van der Waals surface area contributed by atoms with Gasteiger partial charge in [0.15, 0.2) is 0 Å². The van der Waals surface area contributed by atoms with Crippen molar-refractivity contribution < 1.29 is 0 Å². The summed E-state index contributed by atoms with van der Waals surface area (Å²) in [5.41, 5.74) is 4.29. The Bertz CT molecular complexity index is 594. The number of thiophene rings is 1. The highest BCUT2D eigenvalue weighted by atomic mass is 79.9. The van der Waals surface area contributed by atoms with Crippen LogP contribution in [0.25, 0.3) is 0 Å². The van der Waals surface area contributed by atoms with Gasteiger partial charge in [0.2, 0.25) is 0 Å². The van der Waals surface area contributed by atoms with Gasteiger partial charge in [-0.3, -0.25) is 0 Å². The molecular formula is C16H19BrN2S. The molecule has 0 aliphatic carbocycles. The summed E-state index contributed by atoms with van der Waals surface area (Å²) in [5, 5.41) is 3.53. The van der Waals surface area contributed by atoms with Crippen molar-refractivity contribution in [3.05, 3.63) is 50.1 Å². The summed E-state index contributed by atoms with van der Waals surface area (Å²) in [4.78, 5) is 3.73. The first-order valence-corrected chi connectivity index (χ1v) is 8.61. The molecule has 0 unspecified atom stereocenters. The fourth-order valence-electron chi connectivity index (χ4n) is 2.73. The predicted molar refractivity (Wildman–Crippen MR) is 90.6 cm³/mol. The molecule has 1 N–H and O–H groups in total. The van der Waals surface area contributed by atoms with Crippen LogP contribution in [-0.4, -0.2) is 13.6 Å². The molecule has 20 heavy (non-hydrogen) atoms. The van der Waals surface area contributed by atoms with Crippen molar-refractivity contribution in [2.24, 2.45) is 0 Å². The lowest BCUT2D eigenvalue weighted by Crippen LogP contribution is -2.24. The van der Waals surface area contributed by atoms with Gasteiger partial charge in [-0.15, -0.1) is 11.3 Å². The van der Waals surface area contributed by atoms with Gasteiger partial charge in [-0.2, -0.15) is 0 Å². The number of rotatable bonds is 4. The quantitative estimate of drug-likeness (QED) is 0.889. The molecule has 1 aliphatic heterocycles. The number of halogens is 1. The fraction of sp³-hybridized carbons (Fsp3) is 0.375. The third-order valence-corrected chi connectivity index (χ3v) is 5.38. The molecule has 0 saturated heterocycles. The highest BCUT2D eigenvalue weighted by Gasteiger charge is 2.13. The summed E-state index contributed by atoms with van der Waals surface area (Å²) in [6, 6.07) is 11.2. The van der Waals surface area contributed by atoms with E-state index >= 15 is 0 Å². The normalized spacial score (nSPS) is 14.4. The minimum atomic E-state index is 0.937. The van der Waals surface area contributed by atoms with Crippen LogP contribution >= 0.6 is 27.3 Å². The molecule has 1 aromatic heterocycles. The number of aryl methyl sites for hydroxylation is 1. The summed E-state index contributed by atoms with van der Waals surface area (Å²) < 4.78 is 1.20. The van der Waals surface area contributed by atoms with Crippen LogP contribution in [0.2, 0.25) is 0 Å². The van der Waals surface area contributed by atoms with E-state index in [0.29, 0.717) is 0 Å². The number of fused-ring (bicyclic) bond motifs is 1. The van der Waals surface area contributed by atoms with Crippen molar-refractivity contribution in [2.75, 3.05) is 18.5 Å². The standard InChI is InChI=1S/C16H19BrN2S/c1-19-8-2-3-13-9-12(4-6-15(13)19)10-18-11-14-5-7-16(17)20-14/h4-7,9,18H,2-3,8,10-11H2,1H3. The zero-order chi connectivity index (χ0) is 13.9. The van der Waals surface area contributed by atoms with Crippen molar-refractivity contribution in [3.8, 4) is 0 Å². The van der Waals surface area contributed by atoms with Gasteiger partial charge in [-0.1, -0.05) is 12.1 Å². The molecule has 1 aliphatic rings. The van der Waals surface area contributed by atoms with E-state index < -0.39 is 0 Å². The van der Waals surface area contributed by atoms with Crippen LogP contribution in [0.5, 0.6) is 0 Å². The molecule has 0 atom stereocenters. The SMILES string of the molecule is CN1CCCc2cc(CNCc3ccc(Br)s3)ccc21. The molecule has 1 aromatic carbocycles. The molecular weight excluding hydrogens is 332 g/mol. The minimum Gasteiger partial charge on any atom is -0.374 e. The van der Waals surface area contributed by atoms with Gasteiger partial charge < -0.3 is 10.2 Å². The highest BCUT2D eigenvalue weighted by Crippen LogP contribution is 2.27. The molecule has 4 heteroatoms. The van der Waals surface area contributed by atoms with Gasteiger partial charge in [-0.05, 0) is 58.1 Å². The lowest BCUT2D eigenvalue weighted by atomic mass is 9.99. The van der Waals surface area contributed by atoms with Crippen molar-refractivity contribution in [1.82, 2.24) is 5.32 Å². The van der Waals surface area contributed by atoms with Crippen LogP contribution in [0.1, 0.15) is 22.4 Å². The second-order valence-electron chi connectivity index (χ2n) is 5.30. The Morgan fingerprint density at radius 3 is 2.95 bits per heavy atom. The van der Waals surface area contributed by atoms with Crippen LogP contribution in [-0.2, 0) is 19.5 Å². The van der Waals surface area contributed by atoms with Gasteiger partial charge >= 0.3 is 0 Å². The zero-order valence-electron chi connectivity index (χ0n) is 11.7. The summed E-state index contributed by atoms with van der Waals surface area (Å²) in [7, 11) is 2.19. The second-order valence-corrected chi connectivity index (χ2v) is 7.85. The lowest BCUT2D eigenvalue weighted by molar-refractivity contribution is 0.695. The topological polar surface area (TPSA) is 15.3 Å². The number of anilines is 1. The number of nitrogens with one attached hydrogen (secondary N) is 1. The Hall–Kier alpha value is -0.840. The van der Waals surface area contributed by atoms with E-state index in [-0.39, 0.29) is 0 Å². The third-order valence-electron chi connectivity index (χ3n) is 3.75. The van der Waals surface area contributed by atoms with E-state index in [4.69, 9.17) is 0 Å². The Balaban J connectivity index is 1.60. The Morgan fingerprint density at radius 1 is 1.25 bits per heavy atom. The molecule has 0 radical (unpaired) electrons. The van der Waals surface area contributed by atoms with Crippen LogP contribution in [0, 0.1) is 0 Å². The van der Waals surface area contributed by atoms with Crippen molar-refractivity contribution in [2.45, 2.75) is 25.9 Å². The molecule has 2 nitrogen and oxygen atoms in total. The molecule has 0 saturated carbocycles. The van der Waals surface area contributed by atoms with Gasteiger partial charge in [0.05, 0.1) is 3.79 Å². The predicted octanol–water partition coefficient (Wildman–Crippen LogP) is 4.18. The van der Waals surface area contributed by atoms with E-state index in [1.165, 1.54) is 44.9 Å². The average Bonchev–Trinajstić information content (AvgIpc) is 2.85. The first-order chi connectivity index (χ1) is 9.72. The van der Waals surface area contributed by atoms with Crippen molar-refractivity contribution >= 4 is 33.0 Å². The Labute approximate surface area is 132 Å². The maximum atomic E-state index is 3.53. The molecule has 0 bridgehead atoms. The molecule has 0 fully saturated rings. The number of nitrogens with zero attached hydrogens (tertiary/aromatic N) is 1. The third kappa shape index (κ3) is 3.25. The molecule has 0 spiro atoms. The van der Waals surface area contributed by atoms with Gasteiger partial charge in [0.25, 0.3) is 0 Å². The van der Waals surface area contributed by atoms with E-state index in [2.05, 4.69) is 63.5 Å². The minimum absolute atomic E-state index is 0.937. The van der Waals surface area contributed by atoms with Crippen LogP contribution < -0.4 is 10.2 Å². The average molecular weight is 351 g/mol. The maximum absolute atomic E-state index is 3.53. The Morgan fingerprint density at radius 2 is 2.15 bits per heavy atom. The molecule has 0 amide bonds. The van der Waals surface area contributed by atoms with E-state index in [9.17, 15) is 0 Å². The fourth-order valence-corrected chi connectivity index (χ4v) is 4.18. The highest BCUT2D eigenvalue weighted by molar-refractivity contribution is 9.11. The Kier molecular flexibility index (Phi) is 4.44.